The van der Waals surface area contributed by atoms with E-state index in [9.17, 15) is 0 Å². The number of furan rings is 1. The molecule has 94 valence electrons. The van der Waals surface area contributed by atoms with Crippen LogP contribution in [0.3, 0.4) is 0 Å². The molecule has 0 aliphatic carbocycles. The number of benzene rings is 2. The number of nitrogens with one attached hydrogen (secondary N) is 1. The van der Waals surface area contributed by atoms with Gasteiger partial charge in [0.25, 0.3) is 0 Å². The minimum atomic E-state index is 0.289. The molecule has 20 heavy (non-hydrogen) atoms. The summed E-state index contributed by atoms with van der Waals surface area (Å²) in [4.78, 5) is 0. The fraction of sp³-hybridized carbons (Fsp3) is 0. The van der Waals surface area contributed by atoms with Gasteiger partial charge < -0.3 is 4.42 Å². The Hall–Kier alpha value is -3.13. The summed E-state index contributed by atoms with van der Waals surface area (Å²) in [5, 5.41) is 21.4. The standard InChI is InChI=1S/C15H8N4O/c16-8-12-15(18-19-17-12)9-5-6-14-11(7-9)10-3-1-2-4-13(10)20-14/h1-7H,(H,17,18,19). The second kappa shape index (κ2) is 3.93. The SMILES string of the molecule is N#Cc1n[nH]nc1-c1ccc2oc3ccccc3c2c1. The smallest absolute Gasteiger partial charge is 0.190 e. The summed E-state index contributed by atoms with van der Waals surface area (Å²) in [7, 11) is 0. The lowest BCUT2D eigenvalue weighted by Gasteiger charge is -1.96. The third kappa shape index (κ3) is 1.42. The van der Waals surface area contributed by atoms with Gasteiger partial charge in [-0.15, -0.1) is 5.10 Å². The molecule has 5 nitrogen and oxygen atoms in total. The van der Waals surface area contributed by atoms with Crippen molar-refractivity contribution in [3.63, 3.8) is 0 Å². The molecule has 0 aliphatic heterocycles. The highest BCUT2D eigenvalue weighted by molar-refractivity contribution is 6.06. The molecule has 0 unspecified atom stereocenters. The second-order valence-electron chi connectivity index (χ2n) is 4.44. The highest BCUT2D eigenvalue weighted by Gasteiger charge is 2.12. The van der Waals surface area contributed by atoms with Gasteiger partial charge in [-0.25, -0.2) is 0 Å². The van der Waals surface area contributed by atoms with Gasteiger partial charge in [0.05, 0.1) is 0 Å². The van der Waals surface area contributed by atoms with Crippen LogP contribution in [0, 0.1) is 11.3 Å². The van der Waals surface area contributed by atoms with E-state index in [0.717, 1.165) is 27.5 Å². The Morgan fingerprint density at radius 2 is 1.85 bits per heavy atom. The zero-order valence-electron chi connectivity index (χ0n) is 10.3. The van der Waals surface area contributed by atoms with Crippen LogP contribution in [0.15, 0.2) is 46.9 Å². The normalized spacial score (nSPS) is 10.9. The summed E-state index contributed by atoms with van der Waals surface area (Å²) in [6, 6.07) is 15.6. The number of fused-ring (bicyclic) bond motifs is 3. The second-order valence-corrected chi connectivity index (χ2v) is 4.44. The van der Waals surface area contributed by atoms with E-state index < -0.39 is 0 Å². The van der Waals surface area contributed by atoms with E-state index in [1.807, 2.05) is 48.5 Å². The van der Waals surface area contributed by atoms with Crippen molar-refractivity contribution in [3.05, 3.63) is 48.2 Å². The molecule has 0 bridgehead atoms. The molecule has 4 aromatic rings. The maximum Gasteiger partial charge on any atom is 0.190 e. The average Bonchev–Trinajstić information content (AvgIpc) is 3.10. The number of rotatable bonds is 1. The number of aromatic amines is 1. The van der Waals surface area contributed by atoms with Crippen LogP contribution in [0.5, 0.6) is 0 Å². The first-order valence-corrected chi connectivity index (χ1v) is 6.09. The van der Waals surface area contributed by atoms with Crippen LogP contribution in [0.1, 0.15) is 5.69 Å². The minimum absolute atomic E-state index is 0.289. The quantitative estimate of drug-likeness (QED) is 0.569. The highest BCUT2D eigenvalue weighted by Crippen LogP contribution is 2.32. The van der Waals surface area contributed by atoms with E-state index in [0.29, 0.717) is 5.69 Å². The van der Waals surface area contributed by atoms with Crippen molar-refractivity contribution in [2.45, 2.75) is 0 Å². The van der Waals surface area contributed by atoms with Gasteiger partial charge in [0.15, 0.2) is 5.69 Å². The fourth-order valence-corrected chi connectivity index (χ4v) is 2.38. The zero-order valence-corrected chi connectivity index (χ0v) is 10.3. The number of nitrogens with zero attached hydrogens (tertiary/aromatic N) is 3. The first-order chi connectivity index (χ1) is 9.86. The van der Waals surface area contributed by atoms with Gasteiger partial charge in [-0.2, -0.15) is 15.6 Å². The minimum Gasteiger partial charge on any atom is -0.456 e. The number of H-pyrrole nitrogens is 1. The summed E-state index contributed by atoms with van der Waals surface area (Å²) in [6.45, 7) is 0. The molecule has 2 aromatic carbocycles. The fourth-order valence-electron chi connectivity index (χ4n) is 2.38. The molecule has 2 aromatic heterocycles. The molecule has 0 saturated heterocycles. The monoisotopic (exact) mass is 260 g/mol. The van der Waals surface area contributed by atoms with E-state index in [4.69, 9.17) is 9.68 Å². The lowest BCUT2D eigenvalue weighted by molar-refractivity contribution is 0.669. The van der Waals surface area contributed by atoms with Crippen molar-refractivity contribution in [1.82, 2.24) is 15.4 Å². The summed E-state index contributed by atoms with van der Waals surface area (Å²) < 4.78 is 5.77. The molecule has 1 N–H and O–H groups in total. The van der Waals surface area contributed by atoms with E-state index >= 15 is 0 Å². The van der Waals surface area contributed by atoms with Crippen molar-refractivity contribution in [2.75, 3.05) is 0 Å². The molecule has 0 fully saturated rings. The largest absolute Gasteiger partial charge is 0.456 e. The number of hydrogen-bond acceptors (Lipinski definition) is 4. The van der Waals surface area contributed by atoms with Crippen molar-refractivity contribution in [2.24, 2.45) is 0 Å². The van der Waals surface area contributed by atoms with Crippen LogP contribution in [-0.2, 0) is 0 Å². The Kier molecular flexibility index (Phi) is 2.12. The molecule has 0 saturated carbocycles. The number of aromatic nitrogens is 3. The Bertz CT molecular complexity index is 974. The molecule has 4 rings (SSSR count). The Morgan fingerprint density at radius 3 is 2.75 bits per heavy atom. The van der Waals surface area contributed by atoms with Gasteiger partial charge in [-0.1, -0.05) is 18.2 Å². The third-order valence-electron chi connectivity index (χ3n) is 3.30. The molecule has 0 amide bonds. The maximum absolute atomic E-state index is 9.02. The Labute approximate surface area is 113 Å². The number of para-hydroxylation sites is 1. The van der Waals surface area contributed by atoms with Gasteiger partial charge in [-0.3, -0.25) is 0 Å². The van der Waals surface area contributed by atoms with Crippen LogP contribution in [0.25, 0.3) is 33.2 Å². The number of hydrogen-bond donors (Lipinski definition) is 1. The van der Waals surface area contributed by atoms with Gasteiger partial charge in [-0.05, 0) is 24.3 Å². The van der Waals surface area contributed by atoms with Crippen LogP contribution in [0.2, 0.25) is 0 Å². The van der Waals surface area contributed by atoms with Crippen molar-refractivity contribution in [1.29, 1.82) is 5.26 Å². The van der Waals surface area contributed by atoms with Crippen LogP contribution >= 0.6 is 0 Å². The summed E-state index contributed by atoms with van der Waals surface area (Å²) in [5.74, 6) is 0. The predicted octanol–water partition coefficient (Wildman–Crippen LogP) is 3.24. The van der Waals surface area contributed by atoms with E-state index in [1.165, 1.54) is 0 Å². The Balaban J connectivity index is 2.03. The lowest BCUT2D eigenvalue weighted by atomic mass is 10.1. The molecule has 2 heterocycles. The molecule has 5 heteroatoms. The van der Waals surface area contributed by atoms with Crippen LogP contribution < -0.4 is 0 Å². The van der Waals surface area contributed by atoms with Crippen molar-refractivity contribution in [3.8, 4) is 17.3 Å². The topological polar surface area (TPSA) is 78.5 Å². The predicted molar refractivity (Wildman–Crippen MR) is 73.8 cm³/mol. The average molecular weight is 260 g/mol. The van der Waals surface area contributed by atoms with Gasteiger partial charge in [0, 0.05) is 16.3 Å². The van der Waals surface area contributed by atoms with E-state index in [2.05, 4.69) is 15.4 Å². The maximum atomic E-state index is 9.02. The summed E-state index contributed by atoms with van der Waals surface area (Å²) >= 11 is 0. The molecule has 0 atom stereocenters. The molecule has 0 radical (unpaired) electrons. The lowest BCUT2D eigenvalue weighted by Crippen LogP contribution is -1.82. The number of nitriles is 1. The zero-order chi connectivity index (χ0) is 13.5. The molecule has 0 spiro atoms. The van der Waals surface area contributed by atoms with E-state index in [1.54, 1.807) is 0 Å². The van der Waals surface area contributed by atoms with Crippen LogP contribution in [0.4, 0.5) is 0 Å². The molecular formula is C15H8N4O. The van der Waals surface area contributed by atoms with Gasteiger partial charge in [0.2, 0.25) is 0 Å². The van der Waals surface area contributed by atoms with Gasteiger partial charge in [0.1, 0.15) is 22.9 Å². The van der Waals surface area contributed by atoms with Gasteiger partial charge >= 0.3 is 0 Å². The third-order valence-corrected chi connectivity index (χ3v) is 3.30. The highest BCUT2D eigenvalue weighted by atomic mass is 16.3. The first kappa shape index (κ1) is 10.8. The van der Waals surface area contributed by atoms with E-state index in [-0.39, 0.29) is 5.69 Å². The first-order valence-electron chi connectivity index (χ1n) is 6.09. The van der Waals surface area contributed by atoms with Crippen LogP contribution in [-0.4, -0.2) is 15.4 Å². The van der Waals surface area contributed by atoms with Crippen molar-refractivity contribution >= 4 is 21.9 Å². The van der Waals surface area contributed by atoms with Crippen molar-refractivity contribution < 1.29 is 4.42 Å². The molecular weight excluding hydrogens is 252 g/mol. The summed E-state index contributed by atoms with van der Waals surface area (Å²) in [6.07, 6.45) is 0. The Morgan fingerprint density at radius 1 is 1.00 bits per heavy atom. The summed E-state index contributed by atoms with van der Waals surface area (Å²) in [5.41, 5.74) is 3.35. The molecule has 0 aliphatic rings.